The Morgan fingerprint density at radius 1 is 1.24 bits per heavy atom. The van der Waals surface area contributed by atoms with Crippen molar-refractivity contribution in [2.45, 2.75) is 38.1 Å². The van der Waals surface area contributed by atoms with Gasteiger partial charge in [0.05, 0.1) is 11.7 Å². The van der Waals surface area contributed by atoms with E-state index in [1.807, 2.05) is 11.3 Å². The summed E-state index contributed by atoms with van der Waals surface area (Å²) in [6.45, 7) is 1.15. The third-order valence-corrected chi connectivity index (χ3v) is 5.93. The fraction of sp³-hybridized carbons (Fsp3) is 0.471. The Hall–Kier alpha value is -1.39. The van der Waals surface area contributed by atoms with Gasteiger partial charge in [-0.15, -0.1) is 11.3 Å². The first-order valence-electron chi connectivity index (χ1n) is 7.80. The van der Waals surface area contributed by atoms with E-state index in [1.54, 1.807) is 0 Å². The van der Waals surface area contributed by atoms with Gasteiger partial charge in [-0.3, -0.25) is 0 Å². The minimum Gasteiger partial charge on any atom is -0.374 e. The van der Waals surface area contributed by atoms with Gasteiger partial charge >= 0.3 is 0 Å². The number of rotatable bonds is 2. The lowest BCUT2D eigenvalue weighted by molar-refractivity contribution is 0.739. The first-order chi connectivity index (χ1) is 10.2. The van der Waals surface area contributed by atoms with E-state index in [1.165, 1.54) is 46.6 Å². The first kappa shape index (κ1) is 13.3. The zero-order chi connectivity index (χ0) is 14.4. The minimum absolute atomic E-state index is 0.0712. The fourth-order valence-electron chi connectivity index (χ4n) is 3.48. The lowest BCUT2D eigenvalue weighted by atomic mass is 9.97. The normalized spacial score (nSPS) is 18.5. The molecule has 1 aliphatic carbocycles. The average molecular weight is 299 g/mol. The van der Waals surface area contributed by atoms with Gasteiger partial charge in [-0.1, -0.05) is 12.1 Å². The van der Waals surface area contributed by atoms with Crippen molar-refractivity contribution in [3.63, 3.8) is 0 Å². The Morgan fingerprint density at radius 3 is 3.00 bits per heavy atom. The van der Waals surface area contributed by atoms with Crippen molar-refractivity contribution in [1.29, 1.82) is 0 Å². The highest BCUT2D eigenvalue weighted by atomic mass is 32.1. The second-order valence-corrected chi connectivity index (χ2v) is 7.28. The second kappa shape index (κ2) is 5.11. The molecule has 0 spiro atoms. The molecule has 1 unspecified atom stereocenters. The summed E-state index contributed by atoms with van der Waals surface area (Å²) in [5, 5.41) is 1.09. The standard InChI is InChI=1S/C17H21N3S/c1-20-9-3-4-11-10-12(7-8-14(11)20)16(18)17-19-13-5-2-6-15(13)21-17/h7-8,10,16H,2-6,9,18H2,1H3. The SMILES string of the molecule is CN1CCCc2cc(C(N)c3nc4c(s3)CCC4)ccc21. The fourth-order valence-corrected chi connectivity index (χ4v) is 4.67. The number of hydrogen-bond donors (Lipinski definition) is 1. The molecule has 0 fully saturated rings. The number of hydrogen-bond acceptors (Lipinski definition) is 4. The summed E-state index contributed by atoms with van der Waals surface area (Å²) < 4.78 is 0. The van der Waals surface area contributed by atoms with Gasteiger partial charge in [-0.25, -0.2) is 4.98 Å². The number of aryl methyl sites for hydroxylation is 3. The van der Waals surface area contributed by atoms with Crippen LogP contribution in [-0.2, 0) is 19.3 Å². The van der Waals surface area contributed by atoms with E-state index < -0.39 is 0 Å². The highest BCUT2D eigenvalue weighted by molar-refractivity contribution is 7.11. The molecule has 0 bridgehead atoms. The molecule has 2 aromatic rings. The van der Waals surface area contributed by atoms with E-state index in [4.69, 9.17) is 10.7 Å². The topological polar surface area (TPSA) is 42.1 Å². The van der Waals surface area contributed by atoms with Crippen LogP contribution in [0.4, 0.5) is 5.69 Å². The maximum absolute atomic E-state index is 6.48. The number of nitrogens with two attached hydrogens (primary N) is 1. The Balaban J connectivity index is 1.66. The van der Waals surface area contributed by atoms with Crippen molar-refractivity contribution in [2.24, 2.45) is 5.73 Å². The van der Waals surface area contributed by atoms with Crippen LogP contribution in [0.15, 0.2) is 18.2 Å². The molecule has 2 aliphatic rings. The van der Waals surface area contributed by atoms with E-state index in [9.17, 15) is 0 Å². The van der Waals surface area contributed by atoms with Gasteiger partial charge in [0.2, 0.25) is 0 Å². The Morgan fingerprint density at radius 2 is 2.14 bits per heavy atom. The maximum Gasteiger partial charge on any atom is 0.114 e. The summed E-state index contributed by atoms with van der Waals surface area (Å²) in [6, 6.07) is 6.63. The average Bonchev–Trinajstić information content (AvgIpc) is 3.07. The summed E-state index contributed by atoms with van der Waals surface area (Å²) in [4.78, 5) is 8.57. The van der Waals surface area contributed by atoms with Crippen molar-refractivity contribution in [1.82, 2.24) is 4.98 Å². The smallest absolute Gasteiger partial charge is 0.114 e. The summed E-state index contributed by atoms with van der Waals surface area (Å²) in [5.41, 5.74) is 11.8. The number of thiazole rings is 1. The van der Waals surface area contributed by atoms with Crippen LogP contribution in [0.25, 0.3) is 0 Å². The van der Waals surface area contributed by atoms with E-state index in [0.29, 0.717) is 0 Å². The van der Waals surface area contributed by atoms with Crippen molar-refractivity contribution in [3.8, 4) is 0 Å². The molecule has 1 atom stereocenters. The molecule has 0 amide bonds. The van der Waals surface area contributed by atoms with Crippen LogP contribution in [0.2, 0.25) is 0 Å². The molecule has 4 rings (SSSR count). The molecular formula is C17H21N3S. The number of nitrogens with zero attached hydrogens (tertiary/aromatic N) is 2. The predicted molar refractivity (Wildman–Crippen MR) is 88.2 cm³/mol. The van der Waals surface area contributed by atoms with Crippen LogP contribution in [0, 0.1) is 0 Å². The lowest BCUT2D eigenvalue weighted by Gasteiger charge is -2.28. The van der Waals surface area contributed by atoms with Crippen molar-refractivity contribution >= 4 is 17.0 Å². The number of anilines is 1. The van der Waals surface area contributed by atoms with E-state index >= 15 is 0 Å². The van der Waals surface area contributed by atoms with Crippen LogP contribution in [-0.4, -0.2) is 18.6 Å². The molecule has 21 heavy (non-hydrogen) atoms. The molecule has 0 radical (unpaired) electrons. The quantitative estimate of drug-likeness (QED) is 0.926. The monoisotopic (exact) mass is 299 g/mol. The second-order valence-electron chi connectivity index (χ2n) is 6.17. The van der Waals surface area contributed by atoms with Gasteiger partial charge < -0.3 is 10.6 Å². The van der Waals surface area contributed by atoms with Gasteiger partial charge in [0, 0.05) is 24.2 Å². The summed E-state index contributed by atoms with van der Waals surface area (Å²) in [5.74, 6) is 0. The van der Waals surface area contributed by atoms with Crippen LogP contribution in [0.1, 0.15) is 45.6 Å². The van der Waals surface area contributed by atoms with Gasteiger partial charge in [0.15, 0.2) is 0 Å². The summed E-state index contributed by atoms with van der Waals surface area (Å²) >= 11 is 1.82. The molecule has 1 aromatic carbocycles. The number of aromatic nitrogens is 1. The third-order valence-electron chi connectivity index (χ3n) is 4.69. The molecule has 1 aromatic heterocycles. The Labute approximate surface area is 129 Å². The lowest BCUT2D eigenvalue weighted by Crippen LogP contribution is -2.25. The van der Waals surface area contributed by atoms with Crippen LogP contribution in [0.3, 0.4) is 0 Å². The van der Waals surface area contributed by atoms with Gasteiger partial charge in [0.25, 0.3) is 0 Å². The Bertz CT molecular complexity index is 655. The molecule has 110 valence electrons. The maximum atomic E-state index is 6.48. The van der Waals surface area contributed by atoms with Crippen LogP contribution in [0.5, 0.6) is 0 Å². The van der Waals surface area contributed by atoms with Crippen LogP contribution >= 0.6 is 11.3 Å². The van der Waals surface area contributed by atoms with Crippen LogP contribution < -0.4 is 10.6 Å². The van der Waals surface area contributed by atoms with Gasteiger partial charge in [-0.05, 0) is 49.3 Å². The highest BCUT2D eigenvalue weighted by Crippen LogP contribution is 2.34. The largest absolute Gasteiger partial charge is 0.374 e. The van der Waals surface area contributed by atoms with Crippen molar-refractivity contribution < 1.29 is 0 Å². The first-order valence-corrected chi connectivity index (χ1v) is 8.62. The molecule has 2 heterocycles. The zero-order valence-corrected chi connectivity index (χ0v) is 13.2. The summed E-state index contributed by atoms with van der Waals surface area (Å²) in [6.07, 6.45) is 5.97. The molecule has 0 saturated carbocycles. The molecule has 4 heteroatoms. The minimum atomic E-state index is -0.0712. The third kappa shape index (κ3) is 2.27. The van der Waals surface area contributed by atoms with Gasteiger partial charge in [0.1, 0.15) is 5.01 Å². The van der Waals surface area contributed by atoms with Crippen molar-refractivity contribution in [3.05, 3.63) is 44.9 Å². The molecule has 2 N–H and O–H groups in total. The van der Waals surface area contributed by atoms with Gasteiger partial charge in [-0.2, -0.15) is 0 Å². The molecular weight excluding hydrogens is 278 g/mol. The molecule has 1 aliphatic heterocycles. The Kier molecular flexibility index (Phi) is 3.23. The van der Waals surface area contributed by atoms with Crippen molar-refractivity contribution in [2.75, 3.05) is 18.5 Å². The number of fused-ring (bicyclic) bond motifs is 2. The van der Waals surface area contributed by atoms with E-state index in [-0.39, 0.29) is 6.04 Å². The zero-order valence-electron chi connectivity index (χ0n) is 12.4. The molecule has 0 saturated heterocycles. The van der Waals surface area contributed by atoms with E-state index in [2.05, 4.69) is 30.1 Å². The number of benzene rings is 1. The van der Waals surface area contributed by atoms with E-state index in [0.717, 1.165) is 24.4 Å². The highest BCUT2D eigenvalue weighted by Gasteiger charge is 2.22. The molecule has 3 nitrogen and oxygen atoms in total. The predicted octanol–water partition coefficient (Wildman–Crippen LogP) is 3.06. The summed E-state index contributed by atoms with van der Waals surface area (Å²) in [7, 11) is 2.17.